The van der Waals surface area contributed by atoms with Gasteiger partial charge >= 0.3 is 0 Å². The fourth-order valence-electron chi connectivity index (χ4n) is 2.16. The van der Waals surface area contributed by atoms with Gasteiger partial charge in [0.2, 0.25) is 0 Å². The lowest BCUT2D eigenvalue weighted by molar-refractivity contribution is 0.472. The van der Waals surface area contributed by atoms with Crippen LogP contribution in [0.15, 0.2) is 42.5 Å². The highest BCUT2D eigenvalue weighted by molar-refractivity contribution is 5.41. The average molecular weight is 269 g/mol. The molecule has 0 aliphatic rings. The molecule has 0 spiro atoms. The Hall–Kier alpha value is -1.80. The Balaban J connectivity index is 2.22. The fraction of sp³-hybridized carbons (Fsp3) is 0.333. The van der Waals surface area contributed by atoms with Crippen molar-refractivity contribution in [1.82, 2.24) is 5.32 Å². The molecule has 0 aliphatic carbocycles. The van der Waals surface area contributed by atoms with Crippen LogP contribution >= 0.6 is 0 Å². The van der Waals surface area contributed by atoms with E-state index in [4.69, 9.17) is 4.74 Å². The SMILES string of the molecule is CCNCc1cc(C)ccc1Oc1cccc(CC)c1. The predicted molar refractivity (Wildman–Crippen MR) is 84.5 cm³/mol. The van der Waals surface area contributed by atoms with E-state index in [1.807, 2.05) is 12.1 Å². The number of hydrogen-bond acceptors (Lipinski definition) is 2. The Labute approximate surface area is 121 Å². The third kappa shape index (κ3) is 3.84. The van der Waals surface area contributed by atoms with E-state index in [1.54, 1.807) is 0 Å². The molecule has 2 nitrogen and oxygen atoms in total. The Morgan fingerprint density at radius 3 is 2.65 bits per heavy atom. The molecule has 0 saturated carbocycles. The van der Waals surface area contributed by atoms with Gasteiger partial charge in [-0.3, -0.25) is 0 Å². The van der Waals surface area contributed by atoms with Crippen molar-refractivity contribution < 1.29 is 4.74 Å². The summed E-state index contributed by atoms with van der Waals surface area (Å²) in [4.78, 5) is 0. The van der Waals surface area contributed by atoms with E-state index in [0.29, 0.717) is 0 Å². The molecule has 0 bridgehead atoms. The predicted octanol–water partition coefficient (Wildman–Crippen LogP) is 4.46. The lowest BCUT2D eigenvalue weighted by Crippen LogP contribution is -2.12. The standard InChI is InChI=1S/C18H23NO/c1-4-15-7-6-8-17(12-15)20-18-10-9-14(3)11-16(18)13-19-5-2/h6-12,19H,4-5,13H2,1-3H3. The number of rotatable bonds is 6. The van der Waals surface area contributed by atoms with E-state index in [9.17, 15) is 0 Å². The lowest BCUT2D eigenvalue weighted by atomic mass is 10.1. The minimum atomic E-state index is 0.834. The number of hydrogen-bond donors (Lipinski definition) is 1. The Morgan fingerprint density at radius 1 is 1.05 bits per heavy atom. The first-order chi connectivity index (χ1) is 9.72. The van der Waals surface area contributed by atoms with Gasteiger partial charge in [-0.05, 0) is 43.7 Å². The summed E-state index contributed by atoms with van der Waals surface area (Å²) in [7, 11) is 0. The second-order valence-corrected chi connectivity index (χ2v) is 4.99. The largest absolute Gasteiger partial charge is 0.457 e. The minimum absolute atomic E-state index is 0.834. The molecule has 2 aromatic carbocycles. The van der Waals surface area contributed by atoms with Crippen LogP contribution < -0.4 is 10.1 Å². The lowest BCUT2D eigenvalue weighted by Gasteiger charge is -2.13. The molecule has 0 unspecified atom stereocenters. The van der Waals surface area contributed by atoms with Gasteiger partial charge in [0.05, 0.1) is 0 Å². The van der Waals surface area contributed by atoms with Crippen LogP contribution in [0.2, 0.25) is 0 Å². The van der Waals surface area contributed by atoms with Gasteiger partial charge in [-0.25, -0.2) is 0 Å². The van der Waals surface area contributed by atoms with Gasteiger partial charge in [-0.1, -0.05) is 43.7 Å². The van der Waals surface area contributed by atoms with Crippen LogP contribution in [-0.4, -0.2) is 6.54 Å². The summed E-state index contributed by atoms with van der Waals surface area (Å²) in [5.74, 6) is 1.84. The van der Waals surface area contributed by atoms with Gasteiger partial charge in [0.1, 0.15) is 11.5 Å². The number of benzene rings is 2. The average Bonchev–Trinajstić information content (AvgIpc) is 2.47. The molecule has 2 heteroatoms. The molecule has 0 aromatic heterocycles. The first-order valence-corrected chi connectivity index (χ1v) is 7.30. The summed E-state index contributed by atoms with van der Waals surface area (Å²) in [6, 6.07) is 14.6. The van der Waals surface area contributed by atoms with Gasteiger partial charge < -0.3 is 10.1 Å². The van der Waals surface area contributed by atoms with Crippen LogP contribution in [0.5, 0.6) is 11.5 Å². The van der Waals surface area contributed by atoms with Crippen molar-refractivity contribution in [2.45, 2.75) is 33.7 Å². The van der Waals surface area contributed by atoms with Crippen LogP contribution in [0.3, 0.4) is 0 Å². The van der Waals surface area contributed by atoms with Gasteiger partial charge in [0, 0.05) is 12.1 Å². The van der Waals surface area contributed by atoms with Crippen molar-refractivity contribution in [3.8, 4) is 11.5 Å². The first-order valence-electron chi connectivity index (χ1n) is 7.30. The normalized spacial score (nSPS) is 10.6. The van der Waals surface area contributed by atoms with E-state index in [0.717, 1.165) is 31.0 Å². The molecule has 20 heavy (non-hydrogen) atoms. The van der Waals surface area contributed by atoms with Gasteiger partial charge in [-0.15, -0.1) is 0 Å². The van der Waals surface area contributed by atoms with Crippen molar-refractivity contribution in [3.05, 3.63) is 59.2 Å². The van der Waals surface area contributed by atoms with Crippen molar-refractivity contribution in [2.75, 3.05) is 6.54 Å². The molecule has 2 aromatic rings. The highest BCUT2D eigenvalue weighted by atomic mass is 16.5. The molecular formula is C18H23NO. The maximum atomic E-state index is 6.06. The zero-order chi connectivity index (χ0) is 14.4. The summed E-state index contributed by atoms with van der Waals surface area (Å²) < 4.78 is 6.06. The molecule has 2 rings (SSSR count). The second-order valence-electron chi connectivity index (χ2n) is 4.99. The van der Waals surface area contributed by atoms with Crippen LogP contribution in [-0.2, 0) is 13.0 Å². The Kier molecular flexibility index (Phi) is 5.19. The van der Waals surface area contributed by atoms with Gasteiger partial charge in [0.15, 0.2) is 0 Å². The van der Waals surface area contributed by atoms with Crippen molar-refractivity contribution in [2.24, 2.45) is 0 Å². The summed E-state index contributed by atoms with van der Waals surface area (Å²) in [6.45, 7) is 8.17. The third-order valence-electron chi connectivity index (χ3n) is 3.32. The van der Waals surface area contributed by atoms with E-state index < -0.39 is 0 Å². The van der Waals surface area contributed by atoms with Crippen LogP contribution in [0, 0.1) is 6.92 Å². The number of nitrogens with one attached hydrogen (secondary N) is 1. The fourth-order valence-corrected chi connectivity index (χ4v) is 2.16. The molecular weight excluding hydrogens is 246 g/mol. The molecule has 0 fully saturated rings. The summed E-state index contributed by atoms with van der Waals surface area (Å²) in [6.07, 6.45) is 1.02. The molecule has 0 atom stereocenters. The van der Waals surface area contributed by atoms with Crippen molar-refractivity contribution >= 4 is 0 Å². The van der Waals surface area contributed by atoms with Crippen molar-refractivity contribution in [3.63, 3.8) is 0 Å². The first kappa shape index (κ1) is 14.6. The number of aryl methyl sites for hydroxylation is 2. The maximum Gasteiger partial charge on any atom is 0.131 e. The van der Waals surface area contributed by atoms with Gasteiger partial charge in [0.25, 0.3) is 0 Å². The van der Waals surface area contributed by atoms with Crippen LogP contribution in [0.4, 0.5) is 0 Å². The maximum absolute atomic E-state index is 6.06. The topological polar surface area (TPSA) is 21.3 Å². The van der Waals surface area contributed by atoms with E-state index in [2.05, 4.69) is 56.4 Å². The summed E-state index contributed by atoms with van der Waals surface area (Å²) in [5, 5.41) is 3.36. The smallest absolute Gasteiger partial charge is 0.131 e. The highest BCUT2D eigenvalue weighted by Crippen LogP contribution is 2.27. The van der Waals surface area contributed by atoms with Crippen LogP contribution in [0.1, 0.15) is 30.5 Å². The molecule has 0 amide bonds. The monoisotopic (exact) mass is 269 g/mol. The molecule has 0 radical (unpaired) electrons. The Bertz CT molecular complexity index is 563. The molecule has 106 valence electrons. The zero-order valence-corrected chi connectivity index (χ0v) is 12.6. The minimum Gasteiger partial charge on any atom is -0.457 e. The second kappa shape index (κ2) is 7.11. The Morgan fingerprint density at radius 2 is 1.90 bits per heavy atom. The van der Waals surface area contributed by atoms with E-state index in [-0.39, 0.29) is 0 Å². The van der Waals surface area contributed by atoms with Crippen LogP contribution in [0.25, 0.3) is 0 Å². The molecule has 0 heterocycles. The quantitative estimate of drug-likeness (QED) is 0.836. The molecule has 0 aliphatic heterocycles. The summed E-state index contributed by atoms with van der Waals surface area (Å²) in [5.41, 5.74) is 3.75. The van der Waals surface area contributed by atoms with E-state index in [1.165, 1.54) is 16.7 Å². The van der Waals surface area contributed by atoms with E-state index >= 15 is 0 Å². The van der Waals surface area contributed by atoms with Crippen molar-refractivity contribution in [1.29, 1.82) is 0 Å². The highest BCUT2D eigenvalue weighted by Gasteiger charge is 2.05. The summed E-state index contributed by atoms with van der Waals surface area (Å²) >= 11 is 0. The third-order valence-corrected chi connectivity index (χ3v) is 3.32. The molecule has 0 saturated heterocycles. The number of ether oxygens (including phenoxy) is 1. The zero-order valence-electron chi connectivity index (χ0n) is 12.6. The van der Waals surface area contributed by atoms with Gasteiger partial charge in [-0.2, -0.15) is 0 Å². The molecule has 1 N–H and O–H groups in total.